The molecule has 0 saturated heterocycles. The summed E-state index contributed by atoms with van der Waals surface area (Å²) in [6.07, 6.45) is 0. The van der Waals surface area contributed by atoms with Crippen molar-refractivity contribution in [3.8, 4) is 0 Å². The van der Waals surface area contributed by atoms with Crippen LogP contribution in [0.2, 0.25) is 0 Å². The second kappa shape index (κ2) is 10.4. The van der Waals surface area contributed by atoms with Gasteiger partial charge in [-0.25, -0.2) is 22.3 Å². The van der Waals surface area contributed by atoms with Gasteiger partial charge >= 0.3 is 11.9 Å². The Hall–Kier alpha value is -3.51. The topological polar surface area (TPSA) is 149 Å². The normalized spacial score (nSPS) is 11.2. The maximum Gasteiger partial charge on any atom is 0.344 e. The lowest BCUT2D eigenvalue weighted by molar-refractivity contribution is -0.119. The van der Waals surface area contributed by atoms with Gasteiger partial charge in [-0.1, -0.05) is 0 Å². The van der Waals surface area contributed by atoms with Gasteiger partial charge in [-0.2, -0.15) is 0 Å². The first-order chi connectivity index (χ1) is 15.4. The van der Waals surface area contributed by atoms with Crippen LogP contribution in [-0.4, -0.2) is 63.7 Å². The molecule has 0 bridgehead atoms. The van der Waals surface area contributed by atoms with Crippen LogP contribution < -0.4 is 5.32 Å². The number of esters is 2. The molecule has 0 unspecified atom stereocenters. The van der Waals surface area contributed by atoms with Gasteiger partial charge in [-0.05, 0) is 45.0 Å². The zero-order valence-electron chi connectivity index (χ0n) is 18.8. The molecule has 1 amide bonds. The smallest absolute Gasteiger partial charge is 0.344 e. The van der Waals surface area contributed by atoms with Crippen molar-refractivity contribution in [2.24, 2.45) is 0 Å². The van der Waals surface area contributed by atoms with Gasteiger partial charge in [0.25, 0.3) is 5.91 Å². The van der Waals surface area contributed by atoms with Crippen molar-refractivity contribution in [1.29, 1.82) is 0 Å². The van der Waals surface area contributed by atoms with Crippen molar-refractivity contribution in [3.63, 3.8) is 0 Å². The van der Waals surface area contributed by atoms with E-state index in [-0.39, 0.29) is 39.8 Å². The molecule has 0 fully saturated rings. The van der Waals surface area contributed by atoms with Crippen molar-refractivity contribution in [1.82, 2.24) is 4.31 Å². The minimum absolute atomic E-state index is 0.0113. The fourth-order valence-electron chi connectivity index (χ4n) is 2.81. The second-order valence-corrected chi connectivity index (χ2v) is 9.10. The van der Waals surface area contributed by atoms with Gasteiger partial charge in [0.15, 0.2) is 12.4 Å². The van der Waals surface area contributed by atoms with Gasteiger partial charge in [-0.15, -0.1) is 0 Å². The minimum atomic E-state index is -3.66. The van der Waals surface area contributed by atoms with Crippen LogP contribution in [0.4, 0.5) is 5.88 Å². The highest BCUT2D eigenvalue weighted by atomic mass is 32.2. The number of hydrogen-bond donors (Lipinski definition) is 1. The highest BCUT2D eigenvalue weighted by molar-refractivity contribution is 7.89. The van der Waals surface area contributed by atoms with Gasteiger partial charge in [0.2, 0.25) is 15.9 Å². The molecule has 1 heterocycles. The maximum atomic E-state index is 12.3. The molecule has 0 spiro atoms. The number of ether oxygens (including phenoxy) is 2. The number of furan rings is 1. The molecule has 0 aliphatic heterocycles. The van der Waals surface area contributed by atoms with E-state index in [0.29, 0.717) is 0 Å². The standard InChI is InChI=1S/C21H24N2O9S/c1-6-30-21(27)18-17(12(2)24)13(3)32-19(18)22-16(25)11-31-20(26)14-7-9-15(10-8-14)33(28,29)23(4)5/h7-10H,6,11H2,1-5H3,(H,22,25). The Bertz CT molecular complexity index is 1180. The van der Waals surface area contributed by atoms with E-state index in [1.165, 1.54) is 52.2 Å². The lowest BCUT2D eigenvalue weighted by atomic mass is 10.1. The van der Waals surface area contributed by atoms with Crippen LogP contribution in [-0.2, 0) is 24.3 Å². The van der Waals surface area contributed by atoms with Crippen LogP contribution >= 0.6 is 0 Å². The molecule has 178 valence electrons. The number of carbonyl (C=O) groups excluding carboxylic acids is 4. The number of benzene rings is 1. The number of hydrogen-bond acceptors (Lipinski definition) is 9. The average Bonchev–Trinajstić information content (AvgIpc) is 3.07. The van der Waals surface area contributed by atoms with Gasteiger partial charge in [0.05, 0.1) is 22.6 Å². The lowest BCUT2D eigenvalue weighted by Crippen LogP contribution is -2.23. The largest absolute Gasteiger partial charge is 0.462 e. The summed E-state index contributed by atoms with van der Waals surface area (Å²) in [6, 6.07) is 4.99. The molecule has 0 aliphatic rings. The molecule has 11 nitrogen and oxygen atoms in total. The molecule has 33 heavy (non-hydrogen) atoms. The lowest BCUT2D eigenvalue weighted by Gasteiger charge is -2.11. The SMILES string of the molecule is CCOC(=O)c1c(NC(=O)COC(=O)c2ccc(S(=O)(=O)N(C)C)cc2)oc(C)c1C(C)=O. The molecule has 0 aliphatic carbocycles. The van der Waals surface area contributed by atoms with E-state index in [1.54, 1.807) is 6.92 Å². The molecule has 0 radical (unpaired) electrons. The number of nitrogens with zero attached hydrogens (tertiary/aromatic N) is 1. The van der Waals surface area contributed by atoms with E-state index < -0.39 is 40.3 Å². The van der Waals surface area contributed by atoms with E-state index in [2.05, 4.69) is 5.32 Å². The Morgan fingerprint density at radius 2 is 1.61 bits per heavy atom. The fraction of sp³-hybridized carbons (Fsp3) is 0.333. The summed E-state index contributed by atoms with van der Waals surface area (Å²) >= 11 is 0. The zero-order chi connectivity index (χ0) is 24.9. The first kappa shape index (κ1) is 25.7. The molecule has 2 aromatic rings. The van der Waals surface area contributed by atoms with Crippen molar-refractivity contribution in [3.05, 3.63) is 46.7 Å². The van der Waals surface area contributed by atoms with Gasteiger partial charge < -0.3 is 13.9 Å². The van der Waals surface area contributed by atoms with Crippen LogP contribution in [0.15, 0.2) is 33.6 Å². The summed E-state index contributed by atoms with van der Waals surface area (Å²) in [4.78, 5) is 48.6. The Labute approximate surface area is 190 Å². The molecule has 12 heteroatoms. The summed E-state index contributed by atoms with van der Waals surface area (Å²) in [5.41, 5.74) is -0.215. The van der Waals surface area contributed by atoms with Crippen LogP contribution in [0.1, 0.15) is 50.7 Å². The monoisotopic (exact) mass is 480 g/mol. The Morgan fingerprint density at radius 3 is 2.12 bits per heavy atom. The number of nitrogens with one attached hydrogen (secondary N) is 1. The predicted octanol–water partition coefficient (Wildman–Crippen LogP) is 2.01. The van der Waals surface area contributed by atoms with Gasteiger partial charge in [0, 0.05) is 14.1 Å². The number of aryl methyl sites for hydroxylation is 1. The quantitative estimate of drug-likeness (QED) is 0.420. The molecule has 1 aromatic carbocycles. The Morgan fingerprint density at radius 1 is 1.00 bits per heavy atom. The maximum absolute atomic E-state index is 12.3. The third kappa shape index (κ3) is 5.84. The number of ketones is 1. The van der Waals surface area contributed by atoms with Crippen LogP contribution in [0.5, 0.6) is 0 Å². The molecule has 1 aromatic heterocycles. The van der Waals surface area contributed by atoms with Crippen molar-refractivity contribution in [2.45, 2.75) is 25.7 Å². The van der Waals surface area contributed by atoms with Gasteiger partial charge in [0.1, 0.15) is 11.3 Å². The third-order valence-electron chi connectivity index (χ3n) is 4.37. The summed E-state index contributed by atoms with van der Waals surface area (Å²) in [5.74, 6) is -3.18. The zero-order valence-corrected chi connectivity index (χ0v) is 19.6. The highest BCUT2D eigenvalue weighted by Crippen LogP contribution is 2.28. The Kier molecular flexibility index (Phi) is 8.12. The minimum Gasteiger partial charge on any atom is -0.462 e. The summed E-state index contributed by atoms with van der Waals surface area (Å²) in [6.45, 7) is 3.59. The number of Topliss-reactive ketones (excluding diaryl/α,β-unsaturated/α-hetero) is 1. The van der Waals surface area contributed by atoms with Crippen molar-refractivity contribution >= 4 is 39.5 Å². The van der Waals surface area contributed by atoms with Crippen molar-refractivity contribution in [2.75, 3.05) is 32.6 Å². The highest BCUT2D eigenvalue weighted by Gasteiger charge is 2.29. The fourth-order valence-corrected chi connectivity index (χ4v) is 3.71. The summed E-state index contributed by atoms with van der Waals surface area (Å²) in [5, 5.41) is 2.29. The van der Waals surface area contributed by atoms with Crippen LogP contribution in [0.3, 0.4) is 0 Å². The van der Waals surface area contributed by atoms with Gasteiger partial charge in [-0.3, -0.25) is 14.9 Å². The number of amides is 1. The summed E-state index contributed by atoms with van der Waals surface area (Å²) < 4.78 is 40.4. The van der Waals surface area contributed by atoms with E-state index in [0.717, 1.165) is 4.31 Å². The van der Waals surface area contributed by atoms with Crippen LogP contribution in [0, 0.1) is 6.92 Å². The van der Waals surface area contributed by atoms with E-state index in [4.69, 9.17) is 13.9 Å². The van der Waals surface area contributed by atoms with E-state index >= 15 is 0 Å². The number of sulfonamides is 1. The van der Waals surface area contributed by atoms with Crippen molar-refractivity contribution < 1.29 is 41.5 Å². The number of carbonyl (C=O) groups is 4. The molecule has 1 N–H and O–H groups in total. The van der Waals surface area contributed by atoms with E-state index in [9.17, 15) is 27.6 Å². The third-order valence-corrected chi connectivity index (χ3v) is 6.20. The first-order valence-electron chi connectivity index (χ1n) is 9.71. The predicted molar refractivity (Wildman–Crippen MR) is 116 cm³/mol. The van der Waals surface area contributed by atoms with Crippen LogP contribution in [0.25, 0.3) is 0 Å². The molecule has 0 saturated carbocycles. The molecule has 0 atom stereocenters. The number of anilines is 1. The second-order valence-electron chi connectivity index (χ2n) is 6.95. The molecular weight excluding hydrogens is 456 g/mol. The number of rotatable bonds is 9. The molecular formula is C21H24N2O9S. The first-order valence-corrected chi connectivity index (χ1v) is 11.1. The molecule has 2 rings (SSSR count). The van der Waals surface area contributed by atoms with E-state index in [1.807, 2.05) is 0 Å². The summed E-state index contributed by atoms with van der Waals surface area (Å²) in [7, 11) is -0.901. The average molecular weight is 480 g/mol. The Balaban J connectivity index is 2.10.